The van der Waals surface area contributed by atoms with Gasteiger partial charge in [-0.15, -0.1) is 11.3 Å². The van der Waals surface area contributed by atoms with E-state index in [1.165, 1.54) is 11.3 Å². The summed E-state index contributed by atoms with van der Waals surface area (Å²) in [5.41, 5.74) is 0.959. The molecular weight excluding hydrogens is 418 g/mol. The first-order valence-corrected chi connectivity index (χ1v) is 9.77. The third-order valence-corrected chi connectivity index (χ3v) is 5.58. The van der Waals surface area contributed by atoms with Crippen molar-refractivity contribution in [2.75, 3.05) is 10.2 Å². The number of aryl methyl sites for hydroxylation is 1. The van der Waals surface area contributed by atoms with Crippen molar-refractivity contribution in [2.24, 2.45) is 0 Å². The first-order chi connectivity index (χ1) is 13.9. The average molecular weight is 431 g/mol. The number of thiophene rings is 1. The Labute approximate surface area is 174 Å². The minimum absolute atomic E-state index is 0.0218. The molecule has 2 heterocycles. The van der Waals surface area contributed by atoms with Crippen LogP contribution in [0.15, 0.2) is 59.6 Å². The van der Waals surface area contributed by atoms with E-state index in [1.807, 2.05) is 6.92 Å². The summed E-state index contributed by atoms with van der Waals surface area (Å²) in [6.45, 7) is 1.81. The number of benzene rings is 2. The van der Waals surface area contributed by atoms with Gasteiger partial charge in [0.2, 0.25) is 0 Å². The molecule has 2 aromatic carbocycles. The van der Waals surface area contributed by atoms with Gasteiger partial charge in [0.15, 0.2) is 0 Å². The van der Waals surface area contributed by atoms with E-state index < -0.39 is 29.1 Å². The quantitative estimate of drug-likeness (QED) is 0.565. The van der Waals surface area contributed by atoms with Crippen molar-refractivity contribution in [2.45, 2.75) is 6.92 Å². The van der Waals surface area contributed by atoms with Crippen LogP contribution in [-0.2, 0) is 9.59 Å². The molecule has 0 fully saturated rings. The van der Waals surface area contributed by atoms with Crippen molar-refractivity contribution in [3.05, 3.63) is 86.7 Å². The van der Waals surface area contributed by atoms with Crippen LogP contribution < -0.4 is 10.2 Å². The molecule has 0 unspecified atom stereocenters. The van der Waals surface area contributed by atoms with E-state index in [9.17, 15) is 18.4 Å². The monoisotopic (exact) mass is 430 g/mol. The van der Waals surface area contributed by atoms with Crippen LogP contribution in [0.5, 0.6) is 0 Å². The van der Waals surface area contributed by atoms with Crippen molar-refractivity contribution in [1.29, 1.82) is 0 Å². The van der Waals surface area contributed by atoms with Gasteiger partial charge in [0.25, 0.3) is 11.8 Å². The number of carbonyl (C=O) groups is 2. The normalized spacial score (nSPS) is 14.1. The number of hydrogen-bond donors (Lipinski definition) is 1. The Hall–Kier alpha value is -3.03. The molecule has 8 heteroatoms. The fraction of sp³-hybridized carbons (Fsp3) is 0.0476. The van der Waals surface area contributed by atoms with Gasteiger partial charge in [0.05, 0.1) is 11.3 Å². The number of nitrogens with zero attached hydrogens (tertiary/aromatic N) is 1. The van der Waals surface area contributed by atoms with Gasteiger partial charge < -0.3 is 5.32 Å². The molecule has 1 N–H and O–H groups in total. The maximum absolute atomic E-state index is 14.3. The summed E-state index contributed by atoms with van der Waals surface area (Å²) in [4.78, 5) is 27.5. The maximum atomic E-state index is 14.3. The summed E-state index contributed by atoms with van der Waals surface area (Å²) in [5.74, 6) is -3.14. The Morgan fingerprint density at radius 3 is 2.55 bits per heavy atom. The fourth-order valence-corrected chi connectivity index (χ4v) is 3.97. The van der Waals surface area contributed by atoms with E-state index in [4.69, 9.17) is 11.6 Å². The molecule has 0 bridgehead atoms. The number of hydrogen-bond acceptors (Lipinski definition) is 4. The van der Waals surface area contributed by atoms with Gasteiger partial charge in [0, 0.05) is 21.7 Å². The standard InChI is InChI=1S/C21H13ClF2N2O2S/c1-11-4-5-12(22)9-15(11)25-19-18(17-3-2-8-29-17)20(27)26(21(19)28)16-10-13(23)6-7-14(16)24/h2-10,25H,1H3. The molecule has 1 aliphatic heterocycles. The number of imide groups is 1. The van der Waals surface area contributed by atoms with E-state index in [0.29, 0.717) is 20.5 Å². The first kappa shape index (κ1) is 19.3. The summed E-state index contributed by atoms with van der Waals surface area (Å²) in [6.07, 6.45) is 0. The Morgan fingerprint density at radius 1 is 1.03 bits per heavy atom. The molecule has 0 atom stereocenters. The van der Waals surface area contributed by atoms with Crippen LogP contribution in [0.25, 0.3) is 5.57 Å². The lowest BCUT2D eigenvalue weighted by atomic mass is 10.1. The Morgan fingerprint density at radius 2 is 1.83 bits per heavy atom. The summed E-state index contributed by atoms with van der Waals surface area (Å²) in [6, 6.07) is 11.1. The van der Waals surface area contributed by atoms with Crippen LogP contribution in [0.1, 0.15) is 10.4 Å². The Bertz CT molecular complexity index is 1180. The lowest BCUT2D eigenvalue weighted by Crippen LogP contribution is -2.33. The van der Waals surface area contributed by atoms with Gasteiger partial charge in [0.1, 0.15) is 17.3 Å². The van der Waals surface area contributed by atoms with Crippen molar-refractivity contribution in [3.63, 3.8) is 0 Å². The number of anilines is 2. The molecule has 0 saturated carbocycles. The maximum Gasteiger partial charge on any atom is 0.282 e. The molecule has 0 spiro atoms. The lowest BCUT2D eigenvalue weighted by molar-refractivity contribution is -0.120. The highest BCUT2D eigenvalue weighted by Gasteiger charge is 2.42. The van der Waals surface area contributed by atoms with Gasteiger partial charge >= 0.3 is 0 Å². The zero-order valence-electron chi connectivity index (χ0n) is 15.0. The van der Waals surface area contributed by atoms with E-state index in [1.54, 1.807) is 35.7 Å². The fourth-order valence-electron chi connectivity index (χ4n) is 3.03. The predicted molar refractivity (Wildman–Crippen MR) is 110 cm³/mol. The van der Waals surface area contributed by atoms with E-state index >= 15 is 0 Å². The molecular formula is C21H13ClF2N2O2S. The second-order valence-electron chi connectivity index (χ2n) is 6.35. The van der Waals surface area contributed by atoms with Crippen LogP contribution in [0.4, 0.5) is 20.2 Å². The van der Waals surface area contributed by atoms with Gasteiger partial charge in [-0.05, 0) is 48.2 Å². The van der Waals surface area contributed by atoms with Crippen LogP contribution in [-0.4, -0.2) is 11.8 Å². The van der Waals surface area contributed by atoms with E-state index in [0.717, 1.165) is 23.8 Å². The third-order valence-electron chi connectivity index (χ3n) is 4.46. The van der Waals surface area contributed by atoms with E-state index in [-0.39, 0.29) is 11.3 Å². The zero-order valence-corrected chi connectivity index (χ0v) is 16.6. The minimum Gasteiger partial charge on any atom is -0.350 e. The van der Waals surface area contributed by atoms with Crippen LogP contribution in [0.3, 0.4) is 0 Å². The smallest absolute Gasteiger partial charge is 0.282 e. The van der Waals surface area contributed by atoms with Crippen molar-refractivity contribution in [3.8, 4) is 0 Å². The summed E-state index contributed by atoms with van der Waals surface area (Å²) >= 11 is 7.32. The molecule has 0 saturated heterocycles. The average Bonchev–Trinajstić information content (AvgIpc) is 3.28. The molecule has 4 rings (SSSR count). The van der Waals surface area contributed by atoms with Gasteiger partial charge in [-0.3, -0.25) is 9.59 Å². The van der Waals surface area contributed by atoms with Gasteiger partial charge in [-0.2, -0.15) is 0 Å². The first-order valence-electron chi connectivity index (χ1n) is 8.52. The van der Waals surface area contributed by atoms with Crippen molar-refractivity contribution < 1.29 is 18.4 Å². The highest BCUT2D eigenvalue weighted by atomic mass is 35.5. The topological polar surface area (TPSA) is 49.4 Å². The highest BCUT2D eigenvalue weighted by Crippen LogP contribution is 2.37. The summed E-state index contributed by atoms with van der Waals surface area (Å²) in [7, 11) is 0. The van der Waals surface area contributed by atoms with Gasteiger partial charge in [-0.25, -0.2) is 13.7 Å². The minimum atomic E-state index is -0.876. The van der Waals surface area contributed by atoms with Crippen molar-refractivity contribution >= 4 is 51.7 Å². The summed E-state index contributed by atoms with van der Waals surface area (Å²) in [5, 5.41) is 5.18. The Kier molecular flexibility index (Phi) is 4.94. The summed E-state index contributed by atoms with van der Waals surface area (Å²) < 4.78 is 28.1. The second kappa shape index (κ2) is 7.42. The van der Waals surface area contributed by atoms with Crippen LogP contribution in [0.2, 0.25) is 5.02 Å². The SMILES string of the molecule is Cc1ccc(Cl)cc1NC1=C(c2cccs2)C(=O)N(c2cc(F)ccc2F)C1=O. The van der Waals surface area contributed by atoms with Crippen LogP contribution in [0, 0.1) is 18.6 Å². The number of halogens is 3. The predicted octanol–water partition coefficient (Wildman–Crippen LogP) is 5.38. The van der Waals surface area contributed by atoms with E-state index in [2.05, 4.69) is 5.32 Å². The number of amides is 2. The molecule has 0 radical (unpaired) electrons. The lowest BCUT2D eigenvalue weighted by Gasteiger charge is -2.16. The molecule has 3 aromatic rings. The Balaban J connectivity index is 1.85. The third kappa shape index (κ3) is 3.43. The molecule has 146 valence electrons. The number of carbonyl (C=O) groups excluding carboxylic acids is 2. The molecule has 1 aromatic heterocycles. The van der Waals surface area contributed by atoms with Crippen LogP contribution >= 0.6 is 22.9 Å². The van der Waals surface area contributed by atoms with Crippen molar-refractivity contribution in [1.82, 2.24) is 0 Å². The molecule has 4 nitrogen and oxygen atoms in total. The molecule has 2 amide bonds. The number of rotatable bonds is 4. The second-order valence-corrected chi connectivity index (χ2v) is 7.74. The molecule has 29 heavy (non-hydrogen) atoms. The largest absolute Gasteiger partial charge is 0.350 e. The highest BCUT2D eigenvalue weighted by molar-refractivity contribution is 7.11. The molecule has 1 aliphatic rings. The number of nitrogens with one attached hydrogen (secondary N) is 1. The zero-order chi connectivity index (χ0) is 20.7. The van der Waals surface area contributed by atoms with Gasteiger partial charge in [-0.1, -0.05) is 23.7 Å². The molecule has 0 aliphatic carbocycles.